The van der Waals surface area contributed by atoms with Crippen LogP contribution in [0.1, 0.15) is 18.4 Å². The van der Waals surface area contributed by atoms with Gasteiger partial charge in [-0.3, -0.25) is 9.69 Å². The molecule has 4 rings (SSSR count). The van der Waals surface area contributed by atoms with Gasteiger partial charge < -0.3 is 9.64 Å². The number of methoxy groups -OCH3 is 1. The summed E-state index contributed by atoms with van der Waals surface area (Å²) in [5.74, 6) is 0.986. The van der Waals surface area contributed by atoms with Crippen molar-refractivity contribution in [1.29, 1.82) is 0 Å². The SMILES string of the molecule is COc1ccc(CCN2CCN(C(=O)C3CCN(S(=O)(=O)c4cccs4)CC3)CC2)cc1. The molecule has 0 bridgehead atoms. The molecule has 7 nitrogen and oxygen atoms in total. The van der Waals surface area contributed by atoms with E-state index in [2.05, 4.69) is 17.0 Å². The molecule has 2 saturated heterocycles. The summed E-state index contributed by atoms with van der Waals surface area (Å²) >= 11 is 1.24. The van der Waals surface area contributed by atoms with Crippen molar-refractivity contribution < 1.29 is 17.9 Å². The van der Waals surface area contributed by atoms with Crippen molar-refractivity contribution in [2.45, 2.75) is 23.5 Å². The predicted octanol–water partition coefficient (Wildman–Crippen LogP) is 2.54. The Morgan fingerprint density at radius 1 is 1.03 bits per heavy atom. The number of ether oxygens (including phenoxy) is 1. The number of carbonyl (C=O) groups excluding carboxylic acids is 1. The Morgan fingerprint density at radius 3 is 2.31 bits per heavy atom. The Balaban J connectivity index is 1.21. The third-order valence-electron chi connectivity index (χ3n) is 6.45. The van der Waals surface area contributed by atoms with Crippen LogP contribution < -0.4 is 4.74 Å². The number of rotatable bonds is 7. The zero-order valence-electron chi connectivity index (χ0n) is 18.5. The highest BCUT2D eigenvalue weighted by Crippen LogP contribution is 2.27. The van der Waals surface area contributed by atoms with Crippen LogP contribution in [0.2, 0.25) is 0 Å². The quantitative estimate of drug-likeness (QED) is 0.613. The number of hydrogen-bond donors (Lipinski definition) is 0. The number of benzene rings is 1. The van der Waals surface area contributed by atoms with Crippen LogP contribution >= 0.6 is 11.3 Å². The van der Waals surface area contributed by atoms with Gasteiger partial charge in [-0.1, -0.05) is 18.2 Å². The summed E-state index contributed by atoms with van der Waals surface area (Å²) in [5.41, 5.74) is 1.29. The molecule has 174 valence electrons. The molecule has 0 aliphatic carbocycles. The van der Waals surface area contributed by atoms with Crippen LogP contribution in [0.15, 0.2) is 46.0 Å². The average Bonchev–Trinajstić information content (AvgIpc) is 3.39. The number of carbonyl (C=O) groups is 1. The lowest BCUT2D eigenvalue weighted by molar-refractivity contribution is -0.138. The highest BCUT2D eigenvalue weighted by Gasteiger charge is 2.34. The van der Waals surface area contributed by atoms with Gasteiger partial charge in [-0.15, -0.1) is 11.3 Å². The van der Waals surface area contributed by atoms with Gasteiger partial charge in [0, 0.05) is 51.7 Å². The van der Waals surface area contributed by atoms with Gasteiger partial charge in [0.1, 0.15) is 9.96 Å². The largest absolute Gasteiger partial charge is 0.497 e. The summed E-state index contributed by atoms with van der Waals surface area (Å²) in [4.78, 5) is 17.4. The molecular weight excluding hydrogens is 446 g/mol. The number of sulfonamides is 1. The van der Waals surface area contributed by atoms with Gasteiger partial charge in [0.2, 0.25) is 5.91 Å². The van der Waals surface area contributed by atoms with E-state index < -0.39 is 10.0 Å². The molecule has 0 N–H and O–H groups in total. The van der Waals surface area contributed by atoms with Crippen LogP contribution in [0.5, 0.6) is 5.75 Å². The summed E-state index contributed by atoms with van der Waals surface area (Å²) in [5, 5.41) is 1.78. The second-order valence-corrected chi connectivity index (χ2v) is 11.5. The van der Waals surface area contributed by atoms with Crippen molar-refractivity contribution in [3.05, 3.63) is 47.3 Å². The van der Waals surface area contributed by atoms with Gasteiger partial charge in [0.15, 0.2) is 0 Å². The fraction of sp³-hybridized carbons (Fsp3) is 0.522. The van der Waals surface area contributed by atoms with E-state index in [1.807, 2.05) is 17.0 Å². The Hall–Kier alpha value is -1.94. The number of amides is 1. The lowest BCUT2D eigenvalue weighted by atomic mass is 9.96. The minimum Gasteiger partial charge on any atom is -0.497 e. The Labute approximate surface area is 194 Å². The topological polar surface area (TPSA) is 70.2 Å². The van der Waals surface area contributed by atoms with E-state index >= 15 is 0 Å². The van der Waals surface area contributed by atoms with Crippen molar-refractivity contribution in [2.24, 2.45) is 5.92 Å². The molecule has 1 aromatic carbocycles. The summed E-state index contributed by atoms with van der Waals surface area (Å²) in [6.45, 7) is 5.07. The van der Waals surface area contributed by atoms with E-state index in [1.54, 1.807) is 24.6 Å². The normalized spacial score (nSPS) is 19.2. The molecular formula is C23H31N3O4S2. The Bertz CT molecular complexity index is 977. The zero-order chi connectivity index (χ0) is 22.6. The number of piperazine rings is 1. The molecule has 0 spiro atoms. The lowest BCUT2D eigenvalue weighted by Crippen LogP contribution is -2.52. The maximum absolute atomic E-state index is 13.0. The van der Waals surface area contributed by atoms with E-state index in [0.717, 1.165) is 44.9 Å². The van der Waals surface area contributed by atoms with Crippen molar-refractivity contribution in [3.63, 3.8) is 0 Å². The van der Waals surface area contributed by atoms with Crippen LogP contribution in [-0.4, -0.2) is 81.4 Å². The molecule has 2 aliphatic heterocycles. The standard InChI is InChI=1S/C23H31N3O4S2/c1-30-21-6-4-19(5-7-21)8-11-24-14-16-25(17-15-24)23(27)20-9-12-26(13-10-20)32(28,29)22-3-2-18-31-22/h2-7,18,20H,8-17H2,1H3. The van der Waals surface area contributed by atoms with Gasteiger partial charge in [-0.05, 0) is 48.4 Å². The molecule has 32 heavy (non-hydrogen) atoms. The lowest BCUT2D eigenvalue weighted by Gasteiger charge is -2.38. The molecule has 0 saturated carbocycles. The smallest absolute Gasteiger partial charge is 0.252 e. The first-order valence-electron chi connectivity index (χ1n) is 11.1. The summed E-state index contributed by atoms with van der Waals surface area (Å²) < 4.78 is 32.5. The predicted molar refractivity (Wildman–Crippen MR) is 126 cm³/mol. The average molecular weight is 478 g/mol. The van der Waals surface area contributed by atoms with E-state index in [1.165, 1.54) is 21.2 Å². The number of hydrogen-bond acceptors (Lipinski definition) is 6. The molecule has 2 aromatic rings. The van der Waals surface area contributed by atoms with Crippen molar-refractivity contribution in [1.82, 2.24) is 14.1 Å². The van der Waals surface area contributed by atoms with Gasteiger partial charge >= 0.3 is 0 Å². The monoisotopic (exact) mass is 477 g/mol. The molecule has 1 amide bonds. The summed E-state index contributed by atoms with van der Waals surface area (Å²) in [7, 11) is -1.75. The molecule has 1 aromatic heterocycles. The van der Waals surface area contributed by atoms with Crippen LogP contribution in [0, 0.1) is 5.92 Å². The van der Waals surface area contributed by atoms with Gasteiger partial charge in [0.25, 0.3) is 10.0 Å². The van der Waals surface area contributed by atoms with Gasteiger partial charge in [-0.25, -0.2) is 8.42 Å². The first kappa shape index (κ1) is 23.2. The highest BCUT2D eigenvalue weighted by molar-refractivity contribution is 7.91. The minimum atomic E-state index is -3.42. The summed E-state index contributed by atoms with van der Waals surface area (Å²) in [6.07, 6.45) is 2.18. The molecule has 2 fully saturated rings. The maximum atomic E-state index is 13.0. The van der Waals surface area contributed by atoms with E-state index in [-0.39, 0.29) is 11.8 Å². The fourth-order valence-electron chi connectivity index (χ4n) is 4.41. The Morgan fingerprint density at radius 2 is 1.72 bits per heavy atom. The third-order valence-corrected chi connectivity index (χ3v) is 9.72. The van der Waals surface area contributed by atoms with Crippen LogP contribution in [0.4, 0.5) is 0 Å². The van der Waals surface area contributed by atoms with Gasteiger partial charge in [-0.2, -0.15) is 4.31 Å². The van der Waals surface area contributed by atoms with Crippen molar-refractivity contribution in [2.75, 3.05) is 52.9 Å². The maximum Gasteiger partial charge on any atom is 0.252 e. The zero-order valence-corrected chi connectivity index (χ0v) is 20.1. The highest BCUT2D eigenvalue weighted by atomic mass is 32.2. The third kappa shape index (κ3) is 5.33. The van der Waals surface area contributed by atoms with E-state index in [9.17, 15) is 13.2 Å². The summed E-state index contributed by atoms with van der Waals surface area (Å²) in [6, 6.07) is 11.6. The molecule has 0 unspecified atom stereocenters. The molecule has 0 atom stereocenters. The van der Waals surface area contributed by atoms with Crippen LogP contribution in [0.3, 0.4) is 0 Å². The molecule has 3 heterocycles. The van der Waals surface area contributed by atoms with E-state index in [0.29, 0.717) is 30.1 Å². The Kier molecular flexibility index (Phi) is 7.50. The number of thiophene rings is 1. The molecule has 9 heteroatoms. The van der Waals surface area contributed by atoms with Crippen molar-refractivity contribution >= 4 is 27.3 Å². The first-order chi connectivity index (χ1) is 15.5. The van der Waals surface area contributed by atoms with Crippen LogP contribution in [-0.2, 0) is 21.2 Å². The van der Waals surface area contributed by atoms with Crippen LogP contribution in [0.25, 0.3) is 0 Å². The second kappa shape index (κ2) is 10.3. The molecule has 2 aliphatic rings. The first-order valence-corrected chi connectivity index (χ1v) is 13.5. The second-order valence-electron chi connectivity index (χ2n) is 8.38. The minimum absolute atomic E-state index is 0.0735. The number of nitrogens with zero attached hydrogens (tertiary/aromatic N) is 3. The fourth-order valence-corrected chi connectivity index (χ4v) is 7.02. The van der Waals surface area contributed by atoms with E-state index in [4.69, 9.17) is 4.74 Å². The molecule has 0 radical (unpaired) electrons. The number of piperidine rings is 1. The van der Waals surface area contributed by atoms with Gasteiger partial charge in [0.05, 0.1) is 7.11 Å². The van der Waals surface area contributed by atoms with Crippen molar-refractivity contribution in [3.8, 4) is 5.75 Å².